The Kier molecular flexibility index (Phi) is 7.46. The van der Waals surface area contributed by atoms with Crippen LogP contribution in [-0.2, 0) is 9.26 Å². The Morgan fingerprint density at radius 1 is 1.03 bits per heavy atom. The Labute approximate surface area is 194 Å². The first-order valence-corrected chi connectivity index (χ1v) is 16.6. The molecule has 0 spiro atoms. The van der Waals surface area contributed by atoms with Gasteiger partial charge < -0.3 is 14.4 Å². The average Bonchev–Trinajstić information content (AvgIpc) is 3.22. The van der Waals surface area contributed by atoms with E-state index in [0.717, 1.165) is 0 Å². The summed E-state index contributed by atoms with van der Waals surface area (Å²) in [6.45, 7) is 13.4. The summed E-state index contributed by atoms with van der Waals surface area (Å²) < 4.78 is 6.82. The molecular formula is C26H35NO3Si2. The van der Waals surface area contributed by atoms with E-state index in [1.807, 2.05) is 12.1 Å². The summed E-state index contributed by atoms with van der Waals surface area (Å²) in [6.07, 6.45) is -0.700. The smallest absolute Gasteiger partial charge is 0.261 e. The lowest BCUT2D eigenvalue weighted by molar-refractivity contribution is -0.0376. The topological polar surface area (TPSA) is 51.0 Å². The molecular weight excluding hydrogens is 430 g/mol. The second-order valence-corrected chi connectivity index (χ2v) is 19.5. The van der Waals surface area contributed by atoms with Crippen molar-refractivity contribution in [3.05, 3.63) is 60.7 Å². The Morgan fingerprint density at radius 3 is 2.03 bits per heavy atom. The molecule has 0 saturated heterocycles. The summed E-state index contributed by atoms with van der Waals surface area (Å²) in [5.41, 5.74) is 4.02. The van der Waals surface area contributed by atoms with Gasteiger partial charge in [0.05, 0.1) is 6.61 Å². The van der Waals surface area contributed by atoms with Gasteiger partial charge in [0, 0.05) is 6.42 Å². The SMILES string of the molecule is CC(C)(C)[Si](OC[C@H](O)C1CC(C#C[Si](C)(C)C)=NO1)(c1ccccc1)c1ccccc1. The van der Waals surface area contributed by atoms with Gasteiger partial charge in [-0.05, 0) is 15.4 Å². The largest absolute Gasteiger partial charge is 0.405 e. The quantitative estimate of drug-likeness (QED) is 0.519. The molecule has 1 heterocycles. The van der Waals surface area contributed by atoms with Crippen LogP contribution in [0.2, 0.25) is 24.7 Å². The van der Waals surface area contributed by atoms with Crippen LogP contribution in [-0.4, -0.2) is 46.0 Å². The summed E-state index contributed by atoms with van der Waals surface area (Å²) in [5, 5.41) is 17.3. The molecule has 0 radical (unpaired) electrons. The highest BCUT2D eigenvalue weighted by atomic mass is 28.4. The van der Waals surface area contributed by atoms with Crippen LogP contribution in [0.4, 0.5) is 0 Å². The number of hydrogen-bond donors (Lipinski definition) is 1. The van der Waals surface area contributed by atoms with Crippen LogP contribution in [0.1, 0.15) is 27.2 Å². The van der Waals surface area contributed by atoms with E-state index in [9.17, 15) is 5.11 Å². The van der Waals surface area contributed by atoms with Gasteiger partial charge in [-0.1, -0.05) is 112 Å². The Morgan fingerprint density at radius 2 is 1.56 bits per heavy atom. The fourth-order valence-corrected chi connectivity index (χ4v) is 9.11. The summed E-state index contributed by atoms with van der Waals surface area (Å²) in [5.74, 6) is 3.15. The van der Waals surface area contributed by atoms with E-state index in [1.165, 1.54) is 10.4 Å². The van der Waals surface area contributed by atoms with Crippen molar-refractivity contribution in [3.63, 3.8) is 0 Å². The molecule has 0 bridgehead atoms. The molecule has 1 N–H and O–H groups in total. The predicted octanol–water partition coefficient (Wildman–Crippen LogP) is 3.95. The maximum atomic E-state index is 11.0. The van der Waals surface area contributed by atoms with Gasteiger partial charge in [0.25, 0.3) is 8.32 Å². The van der Waals surface area contributed by atoms with Gasteiger partial charge in [-0.25, -0.2) is 0 Å². The normalized spacial score (nSPS) is 17.7. The lowest BCUT2D eigenvalue weighted by Gasteiger charge is -2.43. The Balaban J connectivity index is 1.83. The maximum absolute atomic E-state index is 11.0. The minimum atomic E-state index is -2.70. The van der Waals surface area contributed by atoms with Crippen molar-refractivity contribution in [2.75, 3.05) is 6.61 Å². The van der Waals surface area contributed by atoms with E-state index < -0.39 is 28.6 Å². The van der Waals surface area contributed by atoms with Gasteiger partial charge in [-0.2, -0.15) is 0 Å². The third kappa shape index (κ3) is 5.59. The lowest BCUT2D eigenvalue weighted by atomic mass is 10.1. The van der Waals surface area contributed by atoms with Crippen LogP contribution in [0, 0.1) is 11.5 Å². The summed E-state index contributed by atoms with van der Waals surface area (Å²) in [4.78, 5) is 5.54. The number of aliphatic hydroxyl groups is 1. The second kappa shape index (κ2) is 9.76. The third-order valence-electron chi connectivity index (χ3n) is 5.59. The molecule has 4 nitrogen and oxygen atoms in total. The number of oxime groups is 1. The van der Waals surface area contributed by atoms with E-state index >= 15 is 0 Å². The molecule has 0 fully saturated rings. The van der Waals surface area contributed by atoms with Crippen molar-refractivity contribution in [2.45, 2.75) is 64.1 Å². The van der Waals surface area contributed by atoms with Crippen LogP contribution in [0.15, 0.2) is 65.8 Å². The molecule has 2 aromatic carbocycles. The molecule has 170 valence electrons. The van der Waals surface area contributed by atoms with Crippen molar-refractivity contribution >= 4 is 32.5 Å². The van der Waals surface area contributed by atoms with Crippen LogP contribution in [0.3, 0.4) is 0 Å². The zero-order chi connectivity index (χ0) is 23.4. The molecule has 1 aliphatic rings. The molecule has 0 aromatic heterocycles. The van der Waals surface area contributed by atoms with E-state index in [1.54, 1.807) is 0 Å². The maximum Gasteiger partial charge on any atom is 0.261 e. The van der Waals surface area contributed by atoms with E-state index in [2.05, 4.69) is 106 Å². The summed E-state index contributed by atoms with van der Waals surface area (Å²) in [6, 6.07) is 20.9. The molecule has 6 heteroatoms. The van der Waals surface area contributed by atoms with Gasteiger partial charge in [0.15, 0.2) is 6.10 Å². The predicted molar refractivity (Wildman–Crippen MR) is 138 cm³/mol. The van der Waals surface area contributed by atoms with Crippen molar-refractivity contribution in [1.29, 1.82) is 0 Å². The number of nitrogens with zero attached hydrogens (tertiary/aromatic N) is 1. The summed E-state index contributed by atoms with van der Waals surface area (Å²) in [7, 11) is -4.18. The minimum absolute atomic E-state index is 0.142. The fourth-order valence-electron chi connectivity index (χ4n) is 4.02. The molecule has 32 heavy (non-hydrogen) atoms. The van der Waals surface area contributed by atoms with Crippen LogP contribution in [0.5, 0.6) is 0 Å². The van der Waals surface area contributed by atoms with Gasteiger partial charge in [0.1, 0.15) is 19.9 Å². The monoisotopic (exact) mass is 465 g/mol. The van der Waals surface area contributed by atoms with Crippen molar-refractivity contribution in [1.82, 2.24) is 0 Å². The van der Waals surface area contributed by atoms with Gasteiger partial charge in [-0.3, -0.25) is 0 Å². The van der Waals surface area contributed by atoms with E-state index in [4.69, 9.17) is 9.26 Å². The van der Waals surface area contributed by atoms with Crippen LogP contribution in [0.25, 0.3) is 0 Å². The number of hydrogen-bond acceptors (Lipinski definition) is 4. The first kappa shape index (κ1) is 24.5. The fraction of sp³-hybridized carbons (Fsp3) is 0.423. The number of rotatable bonds is 6. The van der Waals surface area contributed by atoms with Crippen LogP contribution < -0.4 is 10.4 Å². The molecule has 2 atom stereocenters. The van der Waals surface area contributed by atoms with Crippen molar-refractivity contribution in [3.8, 4) is 11.5 Å². The Hall–Kier alpha value is -2.18. The summed E-state index contributed by atoms with van der Waals surface area (Å²) >= 11 is 0. The highest BCUT2D eigenvalue weighted by molar-refractivity contribution is 6.99. The Bertz CT molecular complexity index is 943. The standard InChI is InChI=1S/C26H35NO3Si2/c1-26(2,3)32(22-13-9-7-10-14-22,23-15-11-8-12-16-23)29-20-24(28)25-19-21(27-30-25)17-18-31(4,5)6/h7-16,24-25,28H,19-20H2,1-6H3/t24-,25?/m0/s1. The molecule has 2 aromatic rings. The van der Waals surface area contributed by atoms with Gasteiger partial charge >= 0.3 is 0 Å². The zero-order valence-corrected chi connectivity index (χ0v) is 22.1. The first-order chi connectivity index (χ1) is 15.0. The number of benzene rings is 2. The minimum Gasteiger partial charge on any atom is -0.405 e. The molecule has 1 unspecified atom stereocenters. The zero-order valence-electron chi connectivity index (χ0n) is 20.1. The second-order valence-electron chi connectivity index (χ2n) is 10.4. The molecule has 0 saturated carbocycles. The van der Waals surface area contributed by atoms with Crippen molar-refractivity contribution < 1.29 is 14.4 Å². The molecule has 3 rings (SSSR count). The van der Waals surface area contributed by atoms with Gasteiger partial charge in [-0.15, -0.1) is 5.54 Å². The van der Waals surface area contributed by atoms with E-state index in [0.29, 0.717) is 12.1 Å². The molecule has 0 amide bonds. The van der Waals surface area contributed by atoms with Gasteiger partial charge in [0.2, 0.25) is 0 Å². The highest BCUT2D eigenvalue weighted by Crippen LogP contribution is 2.37. The average molecular weight is 466 g/mol. The van der Waals surface area contributed by atoms with Crippen LogP contribution >= 0.6 is 0 Å². The number of aliphatic hydroxyl groups excluding tert-OH is 1. The third-order valence-corrected chi connectivity index (χ3v) is 11.5. The van der Waals surface area contributed by atoms with Crippen molar-refractivity contribution in [2.24, 2.45) is 5.16 Å². The molecule has 1 aliphatic heterocycles. The highest BCUT2D eigenvalue weighted by Gasteiger charge is 2.50. The molecule has 0 aliphatic carbocycles. The van der Waals surface area contributed by atoms with E-state index in [-0.39, 0.29) is 11.6 Å². The first-order valence-electron chi connectivity index (χ1n) is 11.2. The lowest BCUT2D eigenvalue weighted by Crippen LogP contribution is -2.67.